The van der Waals surface area contributed by atoms with Crippen molar-refractivity contribution in [2.24, 2.45) is 0 Å². The Balaban J connectivity index is 1.83. The summed E-state index contributed by atoms with van der Waals surface area (Å²) in [5.41, 5.74) is 3.56. The minimum Gasteiger partial charge on any atom is -0.340 e. The molecule has 25 heavy (non-hydrogen) atoms. The van der Waals surface area contributed by atoms with Crippen LogP contribution in [0.4, 0.5) is 23.0 Å². The van der Waals surface area contributed by atoms with Crippen molar-refractivity contribution < 1.29 is 0 Å². The van der Waals surface area contributed by atoms with Crippen LogP contribution in [0.5, 0.6) is 0 Å². The predicted octanol–water partition coefficient (Wildman–Crippen LogP) is 4.71. The third-order valence-corrected chi connectivity index (χ3v) is 3.78. The first-order valence-electron chi connectivity index (χ1n) is 8.15. The van der Waals surface area contributed by atoms with E-state index >= 15 is 0 Å². The molecule has 0 atom stereocenters. The number of hydrogen-bond acceptors (Lipinski definition) is 5. The highest BCUT2D eigenvalue weighted by atomic mass is 15.1. The van der Waals surface area contributed by atoms with Crippen molar-refractivity contribution in [3.05, 3.63) is 71.5 Å². The summed E-state index contributed by atoms with van der Waals surface area (Å²) in [5, 5.41) is 15.7. The molecule has 0 saturated carbocycles. The molecule has 0 aliphatic heterocycles. The highest BCUT2D eigenvalue weighted by molar-refractivity contribution is 5.67. The maximum atomic E-state index is 9.21. The Kier molecular flexibility index (Phi) is 4.91. The normalized spacial score (nSPS) is 10.1. The van der Waals surface area contributed by atoms with E-state index in [4.69, 9.17) is 0 Å². The van der Waals surface area contributed by atoms with Crippen LogP contribution in [0, 0.1) is 18.3 Å². The molecule has 0 spiro atoms. The molecule has 0 saturated heterocycles. The monoisotopic (exact) mass is 329 g/mol. The van der Waals surface area contributed by atoms with Crippen LogP contribution in [-0.4, -0.2) is 9.97 Å². The van der Waals surface area contributed by atoms with Gasteiger partial charge in [0, 0.05) is 11.8 Å². The highest BCUT2D eigenvalue weighted by Crippen LogP contribution is 2.22. The van der Waals surface area contributed by atoms with Gasteiger partial charge in [-0.2, -0.15) is 5.26 Å². The number of rotatable bonds is 5. The molecular formula is C20H19N5. The summed E-state index contributed by atoms with van der Waals surface area (Å²) in [4.78, 5) is 8.83. The largest absolute Gasteiger partial charge is 0.340 e. The Labute approximate surface area is 147 Å². The second-order valence-electron chi connectivity index (χ2n) is 5.64. The quantitative estimate of drug-likeness (QED) is 0.709. The summed E-state index contributed by atoms with van der Waals surface area (Å²) < 4.78 is 0. The smallest absolute Gasteiger partial charge is 0.136 e. The Morgan fingerprint density at radius 1 is 0.960 bits per heavy atom. The number of para-hydroxylation sites is 1. The van der Waals surface area contributed by atoms with E-state index in [0.29, 0.717) is 23.0 Å². The Morgan fingerprint density at radius 2 is 1.64 bits per heavy atom. The fourth-order valence-corrected chi connectivity index (χ4v) is 2.50. The standard InChI is InChI=1S/C20H19N5/c1-3-15-8-10-17(11-9-15)24-19-12-20(23-14(2)22-19)25-18-7-5-4-6-16(18)13-21/h4-12H,3H2,1-2H3,(H2,22,23,24,25). The average Bonchev–Trinajstić information content (AvgIpc) is 2.62. The molecule has 3 aromatic rings. The van der Waals surface area contributed by atoms with Crippen molar-refractivity contribution in [1.82, 2.24) is 9.97 Å². The van der Waals surface area contributed by atoms with Gasteiger partial charge in [-0.3, -0.25) is 0 Å². The number of nitrogens with zero attached hydrogens (tertiary/aromatic N) is 3. The first-order chi connectivity index (χ1) is 12.2. The lowest BCUT2D eigenvalue weighted by molar-refractivity contribution is 1.06. The van der Waals surface area contributed by atoms with Crippen LogP contribution in [-0.2, 0) is 6.42 Å². The van der Waals surface area contributed by atoms with E-state index in [1.165, 1.54) is 5.56 Å². The highest BCUT2D eigenvalue weighted by Gasteiger charge is 2.06. The molecule has 1 heterocycles. The first kappa shape index (κ1) is 16.5. The van der Waals surface area contributed by atoms with Gasteiger partial charge < -0.3 is 10.6 Å². The fourth-order valence-electron chi connectivity index (χ4n) is 2.50. The van der Waals surface area contributed by atoms with Gasteiger partial charge in [0.1, 0.15) is 23.5 Å². The van der Waals surface area contributed by atoms with Crippen LogP contribution in [0.3, 0.4) is 0 Å². The van der Waals surface area contributed by atoms with E-state index in [0.717, 1.165) is 17.8 Å². The molecule has 5 nitrogen and oxygen atoms in total. The van der Waals surface area contributed by atoms with Crippen LogP contribution in [0.25, 0.3) is 0 Å². The maximum Gasteiger partial charge on any atom is 0.136 e. The van der Waals surface area contributed by atoms with Gasteiger partial charge in [0.25, 0.3) is 0 Å². The van der Waals surface area contributed by atoms with E-state index in [-0.39, 0.29) is 0 Å². The lowest BCUT2D eigenvalue weighted by Crippen LogP contribution is -2.02. The van der Waals surface area contributed by atoms with Crippen molar-refractivity contribution >= 4 is 23.0 Å². The van der Waals surface area contributed by atoms with E-state index < -0.39 is 0 Å². The number of nitrogens with one attached hydrogen (secondary N) is 2. The van der Waals surface area contributed by atoms with Gasteiger partial charge in [-0.05, 0) is 43.2 Å². The Bertz CT molecular complexity index is 910. The molecule has 1 aromatic heterocycles. The van der Waals surface area contributed by atoms with Gasteiger partial charge in [-0.25, -0.2) is 9.97 Å². The maximum absolute atomic E-state index is 9.21. The first-order valence-corrected chi connectivity index (χ1v) is 8.15. The zero-order chi connectivity index (χ0) is 17.6. The zero-order valence-corrected chi connectivity index (χ0v) is 14.2. The molecule has 0 amide bonds. The minimum absolute atomic E-state index is 0.573. The fraction of sp³-hybridized carbons (Fsp3) is 0.150. The van der Waals surface area contributed by atoms with Crippen molar-refractivity contribution in [3.63, 3.8) is 0 Å². The lowest BCUT2D eigenvalue weighted by atomic mass is 10.1. The van der Waals surface area contributed by atoms with Gasteiger partial charge in [-0.15, -0.1) is 0 Å². The molecule has 0 radical (unpaired) electrons. The Morgan fingerprint density at radius 3 is 2.32 bits per heavy atom. The molecule has 0 aliphatic rings. The molecular weight excluding hydrogens is 310 g/mol. The number of aromatic nitrogens is 2. The molecule has 5 heteroatoms. The van der Waals surface area contributed by atoms with Crippen molar-refractivity contribution in [1.29, 1.82) is 5.26 Å². The number of aryl methyl sites for hydroxylation is 2. The second kappa shape index (κ2) is 7.45. The summed E-state index contributed by atoms with van der Waals surface area (Å²) in [5.74, 6) is 1.99. The van der Waals surface area contributed by atoms with Gasteiger partial charge in [0.05, 0.1) is 11.3 Å². The summed E-state index contributed by atoms with van der Waals surface area (Å²) in [6.07, 6.45) is 1.01. The van der Waals surface area contributed by atoms with Gasteiger partial charge in [-0.1, -0.05) is 31.2 Å². The van der Waals surface area contributed by atoms with Crippen LogP contribution in [0.1, 0.15) is 23.9 Å². The van der Waals surface area contributed by atoms with Crippen LogP contribution < -0.4 is 10.6 Å². The lowest BCUT2D eigenvalue weighted by Gasteiger charge is -2.11. The number of anilines is 4. The van der Waals surface area contributed by atoms with E-state index in [1.807, 2.05) is 43.3 Å². The van der Waals surface area contributed by atoms with Crippen molar-refractivity contribution in [2.75, 3.05) is 10.6 Å². The van der Waals surface area contributed by atoms with E-state index in [2.05, 4.69) is 45.7 Å². The third-order valence-electron chi connectivity index (χ3n) is 3.78. The topological polar surface area (TPSA) is 73.6 Å². The molecule has 0 fully saturated rings. The Hall–Kier alpha value is -3.39. The molecule has 2 N–H and O–H groups in total. The molecule has 0 unspecified atom stereocenters. The van der Waals surface area contributed by atoms with E-state index in [1.54, 1.807) is 6.07 Å². The number of benzene rings is 2. The summed E-state index contributed by atoms with van der Waals surface area (Å²) in [6, 6.07) is 19.6. The third kappa shape index (κ3) is 4.12. The SMILES string of the molecule is CCc1ccc(Nc2cc(Nc3ccccc3C#N)nc(C)n2)cc1. The summed E-state index contributed by atoms with van der Waals surface area (Å²) in [7, 11) is 0. The molecule has 3 rings (SSSR count). The van der Waals surface area contributed by atoms with Crippen LogP contribution in [0.2, 0.25) is 0 Å². The molecule has 0 bridgehead atoms. The van der Waals surface area contributed by atoms with E-state index in [9.17, 15) is 5.26 Å². The van der Waals surface area contributed by atoms with Gasteiger partial charge in [0.2, 0.25) is 0 Å². The predicted molar refractivity (Wildman–Crippen MR) is 100 cm³/mol. The zero-order valence-electron chi connectivity index (χ0n) is 14.2. The van der Waals surface area contributed by atoms with Crippen LogP contribution in [0.15, 0.2) is 54.6 Å². The summed E-state index contributed by atoms with van der Waals surface area (Å²) in [6.45, 7) is 3.97. The van der Waals surface area contributed by atoms with Gasteiger partial charge in [0.15, 0.2) is 0 Å². The minimum atomic E-state index is 0.573. The van der Waals surface area contributed by atoms with Gasteiger partial charge >= 0.3 is 0 Å². The number of hydrogen-bond donors (Lipinski definition) is 2. The van der Waals surface area contributed by atoms with Crippen molar-refractivity contribution in [3.8, 4) is 6.07 Å². The van der Waals surface area contributed by atoms with Crippen molar-refractivity contribution in [2.45, 2.75) is 20.3 Å². The average molecular weight is 329 g/mol. The molecule has 124 valence electrons. The molecule has 0 aliphatic carbocycles. The second-order valence-corrected chi connectivity index (χ2v) is 5.64. The number of nitriles is 1. The summed E-state index contributed by atoms with van der Waals surface area (Å²) >= 11 is 0. The van der Waals surface area contributed by atoms with Crippen LogP contribution >= 0.6 is 0 Å². The molecule has 2 aromatic carbocycles.